The van der Waals surface area contributed by atoms with Gasteiger partial charge in [0.25, 0.3) is 11.8 Å². The highest BCUT2D eigenvalue weighted by molar-refractivity contribution is 7.80. The quantitative estimate of drug-likeness (QED) is 0.482. The molecule has 126 valence electrons. The highest BCUT2D eigenvalue weighted by Gasteiger charge is 2.34. The van der Waals surface area contributed by atoms with Gasteiger partial charge in [0.05, 0.1) is 5.69 Å². The third-order valence-corrected chi connectivity index (χ3v) is 4.29. The van der Waals surface area contributed by atoms with Crippen molar-refractivity contribution in [3.05, 3.63) is 64.2 Å². The molecule has 25 heavy (non-hydrogen) atoms. The molecule has 0 spiro atoms. The lowest BCUT2D eigenvalue weighted by molar-refractivity contribution is -0.122. The Balaban J connectivity index is 2.05. The topological polar surface area (TPSA) is 69.6 Å². The molecule has 0 aromatic heterocycles. The Bertz CT molecular complexity index is 922. The van der Waals surface area contributed by atoms with Gasteiger partial charge in [0.2, 0.25) is 0 Å². The van der Waals surface area contributed by atoms with Crippen LogP contribution in [0.4, 0.5) is 5.69 Å². The number of hydrogen-bond acceptors (Lipinski definition) is 4. The van der Waals surface area contributed by atoms with Crippen LogP contribution in [0.1, 0.15) is 11.1 Å². The summed E-state index contributed by atoms with van der Waals surface area (Å²) in [5.74, 6) is -1.17. The second kappa shape index (κ2) is 6.66. The van der Waals surface area contributed by atoms with E-state index >= 15 is 0 Å². The molecule has 1 aliphatic rings. The first kappa shape index (κ1) is 17.1. The lowest BCUT2D eigenvalue weighted by Crippen LogP contribution is -2.54. The molecule has 1 saturated heterocycles. The normalized spacial score (nSPS) is 16.3. The number of nitrogens with zero attached hydrogens (tertiary/aromatic N) is 1. The van der Waals surface area contributed by atoms with E-state index in [0.717, 1.165) is 0 Å². The average molecular weight is 373 g/mol. The second-order valence-corrected chi connectivity index (χ2v) is 6.27. The van der Waals surface area contributed by atoms with Crippen molar-refractivity contribution in [1.82, 2.24) is 5.32 Å². The number of para-hydroxylation sites is 1. The molecule has 3 rings (SSSR count). The van der Waals surface area contributed by atoms with Gasteiger partial charge < -0.3 is 5.11 Å². The standard InChI is InChI=1S/C18H13ClN2O3S/c1-10-3-2-4-11(15(10)22)9-14-16(23)20-18(25)21(17(14)24)13-7-5-12(19)6-8-13/h2-9,22H,1H3,(H,20,23,25). The summed E-state index contributed by atoms with van der Waals surface area (Å²) in [5, 5.41) is 13.1. The molecule has 0 radical (unpaired) electrons. The predicted octanol–water partition coefficient (Wildman–Crippen LogP) is 3.19. The van der Waals surface area contributed by atoms with Gasteiger partial charge in [0.15, 0.2) is 5.11 Å². The maximum Gasteiger partial charge on any atom is 0.270 e. The fourth-order valence-electron chi connectivity index (χ4n) is 2.44. The Labute approximate surface area is 154 Å². The van der Waals surface area contributed by atoms with Crippen molar-refractivity contribution in [2.24, 2.45) is 0 Å². The molecule has 1 fully saturated rings. The SMILES string of the molecule is Cc1cccc(C=C2C(=O)NC(=S)N(c3ccc(Cl)cc3)C2=O)c1O. The monoisotopic (exact) mass is 372 g/mol. The van der Waals surface area contributed by atoms with Gasteiger partial charge in [-0.3, -0.25) is 19.8 Å². The van der Waals surface area contributed by atoms with E-state index in [9.17, 15) is 14.7 Å². The van der Waals surface area contributed by atoms with E-state index < -0.39 is 11.8 Å². The number of benzene rings is 2. The first-order valence-corrected chi connectivity index (χ1v) is 8.12. The number of phenols is 1. The molecular formula is C18H13ClN2O3S. The van der Waals surface area contributed by atoms with Crippen LogP contribution in [0.5, 0.6) is 5.75 Å². The molecule has 2 aromatic rings. The van der Waals surface area contributed by atoms with Crippen LogP contribution >= 0.6 is 23.8 Å². The van der Waals surface area contributed by atoms with Gasteiger partial charge in [0.1, 0.15) is 11.3 Å². The third kappa shape index (κ3) is 3.26. The van der Waals surface area contributed by atoms with Crippen molar-refractivity contribution < 1.29 is 14.7 Å². The van der Waals surface area contributed by atoms with Gasteiger partial charge in [-0.05, 0) is 55.0 Å². The van der Waals surface area contributed by atoms with E-state index in [1.807, 2.05) is 0 Å². The highest BCUT2D eigenvalue weighted by atomic mass is 35.5. The summed E-state index contributed by atoms with van der Waals surface area (Å²) >= 11 is 11.0. The van der Waals surface area contributed by atoms with Crippen LogP contribution in [0, 0.1) is 6.92 Å². The zero-order valence-corrected chi connectivity index (χ0v) is 14.7. The molecule has 0 aliphatic carbocycles. The predicted molar refractivity (Wildman–Crippen MR) is 100 cm³/mol. The van der Waals surface area contributed by atoms with Crippen LogP contribution < -0.4 is 10.2 Å². The maximum atomic E-state index is 12.8. The number of hydrogen-bond donors (Lipinski definition) is 2. The van der Waals surface area contributed by atoms with Crippen molar-refractivity contribution in [1.29, 1.82) is 0 Å². The number of halogens is 1. The lowest BCUT2D eigenvalue weighted by Gasteiger charge is -2.29. The largest absolute Gasteiger partial charge is 0.507 e. The third-order valence-electron chi connectivity index (χ3n) is 3.76. The summed E-state index contributed by atoms with van der Waals surface area (Å²) in [7, 11) is 0. The number of rotatable bonds is 2. The minimum atomic E-state index is -0.610. The van der Waals surface area contributed by atoms with Crippen LogP contribution in [-0.4, -0.2) is 22.0 Å². The molecule has 2 aromatic carbocycles. The van der Waals surface area contributed by atoms with Crippen LogP contribution in [0.3, 0.4) is 0 Å². The number of anilines is 1. The molecule has 2 amide bonds. The number of carbonyl (C=O) groups excluding carboxylic acids is 2. The molecule has 0 atom stereocenters. The van der Waals surface area contributed by atoms with E-state index in [1.54, 1.807) is 49.4 Å². The maximum absolute atomic E-state index is 12.8. The van der Waals surface area contributed by atoms with E-state index in [1.165, 1.54) is 11.0 Å². The summed E-state index contributed by atoms with van der Waals surface area (Å²) in [6, 6.07) is 11.6. The van der Waals surface area contributed by atoms with Crippen molar-refractivity contribution >= 4 is 52.5 Å². The summed E-state index contributed by atoms with van der Waals surface area (Å²) in [4.78, 5) is 26.3. The minimum absolute atomic E-state index is 0.0112. The Morgan fingerprint density at radius 2 is 1.84 bits per heavy atom. The summed E-state index contributed by atoms with van der Waals surface area (Å²) < 4.78 is 0. The highest BCUT2D eigenvalue weighted by Crippen LogP contribution is 2.27. The fourth-order valence-corrected chi connectivity index (χ4v) is 2.84. The van der Waals surface area contributed by atoms with Gasteiger partial charge in [0, 0.05) is 10.6 Å². The Morgan fingerprint density at radius 1 is 1.16 bits per heavy atom. The van der Waals surface area contributed by atoms with Crippen molar-refractivity contribution in [3.63, 3.8) is 0 Å². The fraction of sp³-hybridized carbons (Fsp3) is 0.0556. The van der Waals surface area contributed by atoms with Gasteiger partial charge in [-0.1, -0.05) is 29.8 Å². The molecule has 1 heterocycles. The first-order valence-electron chi connectivity index (χ1n) is 7.34. The van der Waals surface area contributed by atoms with Crippen LogP contribution in [0.2, 0.25) is 5.02 Å². The number of nitrogens with one attached hydrogen (secondary N) is 1. The van der Waals surface area contributed by atoms with E-state index in [-0.39, 0.29) is 16.4 Å². The molecule has 7 heteroatoms. The number of aromatic hydroxyl groups is 1. The lowest BCUT2D eigenvalue weighted by atomic mass is 10.0. The Hall–Kier alpha value is -2.70. The van der Waals surface area contributed by atoms with Gasteiger partial charge >= 0.3 is 0 Å². The molecule has 2 N–H and O–H groups in total. The van der Waals surface area contributed by atoms with Gasteiger partial charge in [-0.2, -0.15) is 0 Å². The van der Waals surface area contributed by atoms with E-state index in [0.29, 0.717) is 21.8 Å². The van der Waals surface area contributed by atoms with E-state index in [2.05, 4.69) is 5.32 Å². The van der Waals surface area contributed by atoms with Crippen LogP contribution in [0.25, 0.3) is 6.08 Å². The van der Waals surface area contributed by atoms with Crippen LogP contribution in [-0.2, 0) is 9.59 Å². The number of phenolic OH excluding ortho intramolecular Hbond substituents is 1. The van der Waals surface area contributed by atoms with Crippen molar-refractivity contribution in [2.75, 3.05) is 4.90 Å². The summed E-state index contributed by atoms with van der Waals surface area (Å²) in [5.41, 5.74) is 1.38. The molecule has 5 nitrogen and oxygen atoms in total. The summed E-state index contributed by atoms with van der Waals surface area (Å²) in [6.07, 6.45) is 1.35. The molecular weight excluding hydrogens is 360 g/mol. The van der Waals surface area contributed by atoms with Crippen LogP contribution in [0.15, 0.2) is 48.0 Å². The van der Waals surface area contributed by atoms with Gasteiger partial charge in [-0.15, -0.1) is 0 Å². The minimum Gasteiger partial charge on any atom is -0.507 e. The molecule has 0 saturated carbocycles. The second-order valence-electron chi connectivity index (χ2n) is 5.45. The smallest absolute Gasteiger partial charge is 0.270 e. The Kier molecular flexibility index (Phi) is 4.57. The summed E-state index contributed by atoms with van der Waals surface area (Å²) in [6.45, 7) is 1.73. The zero-order chi connectivity index (χ0) is 18.1. The van der Waals surface area contributed by atoms with E-state index in [4.69, 9.17) is 23.8 Å². The number of aryl methyl sites for hydroxylation is 1. The van der Waals surface area contributed by atoms with Crippen molar-refractivity contribution in [3.8, 4) is 5.75 Å². The van der Waals surface area contributed by atoms with Crippen molar-refractivity contribution in [2.45, 2.75) is 6.92 Å². The molecule has 0 bridgehead atoms. The molecule has 0 unspecified atom stereocenters. The average Bonchev–Trinajstić information content (AvgIpc) is 2.56. The van der Waals surface area contributed by atoms with Gasteiger partial charge in [-0.25, -0.2) is 0 Å². The number of amides is 2. The number of thiocarbonyl (C=S) groups is 1. The zero-order valence-electron chi connectivity index (χ0n) is 13.1. The molecule has 1 aliphatic heterocycles. The number of carbonyl (C=O) groups is 2. The Morgan fingerprint density at radius 3 is 2.52 bits per heavy atom. The first-order chi connectivity index (χ1) is 11.9.